The fourth-order valence-electron chi connectivity index (χ4n) is 3.94. The zero-order chi connectivity index (χ0) is 28.2. The van der Waals surface area contributed by atoms with Crippen LogP contribution in [0, 0.1) is 31.6 Å². The number of rotatable bonds is 9. The van der Waals surface area contributed by atoms with Crippen LogP contribution in [0.4, 0.5) is 17.2 Å². The van der Waals surface area contributed by atoms with E-state index >= 15 is 0 Å². The van der Waals surface area contributed by atoms with Crippen LogP contribution in [0.5, 0.6) is 0 Å². The summed E-state index contributed by atoms with van der Waals surface area (Å²) >= 11 is 0. The van der Waals surface area contributed by atoms with Crippen molar-refractivity contribution in [2.45, 2.75) is 34.6 Å². The van der Waals surface area contributed by atoms with Crippen molar-refractivity contribution in [2.75, 3.05) is 10.6 Å². The van der Waals surface area contributed by atoms with Crippen LogP contribution in [0.1, 0.15) is 32.2 Å². The minimum atomic E-state index is -0.369. The van der Waals surface area contributed by atoms with E-state index in [2.05, 4.69) is 54.6 Å². The summed E-state index contributed by atoms with van der Waals surface area (Å²) in [5.74, 6) is 4.29. The van der Waals surface area contributed by atoms with E-state index < -0.39 is 0 Å². The average Bonchev–Trinajstić information content (AvgIpc) is 3.31. The number of aromatic nitrogens is 5. The number of nitrogens with zero attached hydrogens (tertiary/aromatic N) is 4. The molecule has 0 saturated carbocycles. The third-order valence-electron chi connectivity index (χ3n) is 6.62. The lowest BCUT2D eigenvalue weighted by molar-refractivity contribution is 0.607. The van der Waals surface area contributed by atoms with Crippen LogP contribution in [-0.2, 0) is 0 Å². The molecule has 196 valence electrons. The maximum Gasteiger partial charge on any atom is 0.181 e. The SMILES string of the molecule is C#CC(C)(C)/C(C)=C/C(=C\C=C)C(=C)Nc1ccc(C)c(Nc2ncccc2-c2ncnc3nc(C)[nH]c23)c1. The molecule has 3 heterocycles. The number of imidazole rings is 1. The van der Waals surface area contributed by atoms with Gasteiger partial charge in [0, 0.05) is 34.2 Å². The van der Waals surface area contributed by atoms with Crippen LogP contribution >= 0.6 is 0 Å². The van der Waals surface area contributed by atoms with Gasteiger partial charge in [-0.2, -0.15) is 0 Å². The predicted molar refractivity (Wildman–Crippen MR) is 162 cm³/mol. The first-order valence-electron chi connectivity index (χ1n) is 12.6. The van der Waals surface area contributed by atoms with E-state index in [9.17, 15) is 0 Å². The highest BCUT2D eigenvalue weighted by Gasteiger charge is 2.18. The Morgan fingerprint density at radius 1 is 1.15 bits per heavy atom. The van der Waals surface area contributed by atoms with Gasteiger partial charge in [0.05, 0.1) is 0 Å². The van der Waals surface area contributed by atoms with E-state index in [0.29, 0.717) is 11.5 Å². The molecule has 3 N–H and O–H groups in total. The first-order valence-corrected chi connectivity index (χ1v) is 12.6. The number of pyridine rings is 1. The molecule has 0 aliphatic carbocycles. The minimum Gasteiger partial charge on any atom is -0.355 e. The topological polar surface area (TPSA) is 91.4 Å². The molecule has 0 spiro atoms. The van der Waals surface area contributed by atoms with E-state index in [4.69, 9.17) is 6.42 Å². The summed E-state index contributed by atoms with van der Waals surface area (Å²) in [6, 6.07) is 9.95. The van der Waals surface area contributed by atoms with Crippen molar-refractivity contribution >= 4 is 28.4 Å². The summed E-state index contributed by atoms with van der Waals surface area (Å²) in [6.07, 6.45) is 14.7. The van der Waals surface area contributed by atoms with Crippen molar-refractivity contribution in [3.8, 4) is 23.6 Å². The van der Waals surface area contributed by atoms with Crippen LogP contribution in [0.15, 0.2) is 91.1 Å². The predicted octanol–water partition coefficient (Wildman–Crippen LogP) is 7.42. The molecular formula is C32H33N7. The van der Waals surface area contributed by atoms with Gasteiger partial charge in [0.25, 0.3) is 0 Å². The monoisotopic (exact) mass is 515 g/mol. The van der Waals surface area contributed by atoms with E-state index in [1.165, 1.54) is 6.33 Å². The van der Waals surface area contributed by atoms with E-state index in [1.54, 1.807) is 12.3 Å². The molecule has 39 heavy (non-hydrogen) atoms. The minimum absolute atomic E-state index is 0.369. The van der Waals surface area contributed by atoms with Crippen molar-refractivity contribution in [1.82, 2.24) is 24.9 Å². The number of allylic oxidation sites excluding steroid dienone is 4. The molecule has 3 aromatic heterocycles. The highest BCUT2D eigenvalue weighted by Crippen LogP contribution is 2.33. The van der Waals surface area contributed by atoms with Gasteiger partial charge in [-0.1, -0.05) is 48.9 Å². The van der Waals surface area contributed by atoms with Crippen molar-refractivity contribution in [3.05, 3.63) is 102 Å². The Morgan fingerprint density at radius 3 is 2.69 bits per heavy atom. The third kappa shape index (κ3) is 5.97. The second-order valence-electron chi connectivity index (χ2n) is 9.86. The van der Waals surface area contributed by atoms with Gasteiger partial charge < -0.3 is 15.6 Å². The summed E-state index contributed by atoms with van der Waals surface area (Å²) in [5.41, 5.74) is 8.10. The summed E-state index contributed by atoms with van der Waals surface area (Å²) in [5, 5.41) is 6.93. The lowest BCUT2D eigenvalue weighted by Gasteiger charge is -2.20. The number of nitrogens with one attached hydrogen (secondary N) is 3. The Morgan fingerprint density at radius 2 is 1.95 bits per heavy atom. The fourth-order valence-corrected chi connectivity index (χ4v) is 3.94. The van der Waals surface area contributed by atoms with Crippen LogP contribution in [0.25, 0.3) is 22.4 Å². The first kappa shape index (κ1) is 27.1. The number of aromatic amines is 1. The quantitative estimate of drug-likeness (QED) is 0.159. The normalized spacial score (nSPS) is 12.2. The molecule has 0 aliphatic heterocycles. The number of hydrogen-bond donors (Lipinski definition) is 3. The standard InChI is InChI=1S/C32H33N7/c1-9-12-24(17-21(4)32(7,8)10-2)22(5)36-25-15-14-20(3)27(18-25)39-30-26(13-11-16-33-30)28-29-31(35-19-34-28)38-23(6)37-29/h2,9,11-19,36H,1,5H2,3-4,6-8H3,(H,33,39)(H,34,35,37,38)/b21-17+,24-12+. The summed E-state index contributed by atoms with van der Waals surface area (Å²) < 4.78 is 0. The molecule has 0 aliphatic rings. The fraction of sp³-hybridized carbons (Fsp3) is 0.188. The summed E-state index contributed by atoms with van der Waals surface area (Å²) in [6.45, 7) is 18.1. The maximum atomic E-state index is 5.73. The third-order valence-corrected chi connectivity index (χ3v) is 6.62. The Bertz CT molecular complexity index is 1660. The molecule has 0 radical (unpaired) electrons. The largest absolute Gasteiger partial charge is 0.355 e. The van der Waals surface area contributed by atoms with E-state index in [-0.39, 0.29) is 5.41 Å². The maximum absolute atomic E-state index is 5.73. The highest BCUT2D eigenvalue weighted by atomic mass is 15.0. The van der Waals surface area contributed by atoms with E-state index in [1.807, 2.05) is 77.1 Å². The molecule has 0 saturated heterocycles. The molecule has 7 heteroatoms. The molecule has 4 aromatic rings. The number of fused-ring (bicyclic) bond motifs is 1. The summed E-state index contributed by atoms with van der Waals surface area (Å²) in [4.78, 5) is 21.2. The molecule has 0 unspecified atom stereocenters. The van der Waals surface area contributed by atoms with Gasteiger partial charge in [-0.25, -0.2) is 19.9 Å². The number of hydrogen-bond acceptors (Lipinski definition) is 6. The number of aryl methyl sites for hydroxylation is 2. The van der Waals surface area contributed by atoms with Gasteiger partial charge in [0.15, 0.2) is 5.65 Å². The van der Waals surface area contributed by atoms with Crippen molar-refractivity contribution in [1.29, 1.82) is 0 Å². The molecule has 1 aromatic carbocycles. The summed E-state index contributed by atoms with van der Waals surface area (Å²) in [7, 11) is 0. The van der Waals surface area contributed by atoms with Crippen LogP contribution in [0.3, 0.4) is 0 Å². The zero-order valence-electron chi connectivity index (χ0n) is 23.1. The number of benzene rings is 1. The molecule has 0 amide bonds. The second-order valence-corrected chi connectivity index (χ2v) is 9.86. The van der Waals surface area contributed by atoms with Crippen molar-refractivity contribution in [2.24, 2.45) is 5.41 Å². The Hall–Kier alpha value is -4.96. The molecule has 0 bridgehead atoms. The molecule has 0 atom stereocenters. The molecular weight excluding hydrogens is 482 g/mol. The van der Waals surface area contributed by atoms with Gasteiger partial charge in [-0.05, 0) is 70.0 Å². The van der Waals surface area contributed by atoms with Crippen molar-refractivity contribution < 1.29 is 0 Å². The number of terminal acetylenes is 1. The van der Waals surface area contributed by atoms with Crippen LogP contribution in [0.2, 0.25) is 0 Å². The lowest BCUT2D eigenvalue weighted by atomic mass is 9.85. The highest BCUT2D eigenvalue weighted by molar-refractivity contribution is 5.91. The van der Waals surface area contributed by atoms with Crippen LogP contribution in [-0.4, -0.2) is 24.9 Å². The van der Waals surface area contributed by atoms with Crippen molar-refractivity contribution in [3.63, 3.8) is 0 Å². The van der Waals surface area contributed by atoms with Gasteiger partial charge in [-0.15, -0.1) is 6.42 Å². The lowest BCUT2D eigenvalue weighted by Crippen LogP contribution is -2.10. The molecule has 4 rings (SSSR count). The molecule has 7 nitrogen and oxygen atoms in total. The number of H-pyrrole nitrogens is 1. The van der Waals surface area contributed by atoms with Gasteiger partial charge >= 0.3 is 0 Å². The molecule has 0 fully saturated rings. The zero-order valence-corrected chi connectivity index (χ0v) is 23.1. The van der Waals surface area contributed by atoms with Gasteiger partial charge in [-0.3, -0.25) is 0 Å². The van der Waals surface area contributed by atoms with E-state index in [0.717, 1.165) is 56.4 Å². The Kier molecular flexibility index (Phi) is 7.78. The van der Waals surface area contributed by atoms with Crippen LogP contribution < -0.4 is 10.6 Å². The smallest absolute Gasteiger partial charge is 0.181 e. The Balaban J connectivity index is 1.64. The first-order chi connectivity index (χ1) is 18.6. The van der Waals surface area contributed by atoms with Gasteiger partial charge in [0.1, 0.15) is 29.2 Å². The average molecular weight is 516 g/mol. The van der Waals surface area contributed by atoms with Gasteiger partial charge in [0.2, 0.25) is 0 Å². The number of anilines is 3. The Labute approximate surface area is 229 Å². The second kappa shape index (κ2) is 11.2.